The normalized spacial score (nSPS) is 23.9. The first-order chi connectivity index (χ1) is 14.0. The summed E-state index contributed by atoms with van der Waals surface area (Å²) < 4.78 is 5.40. The lowest BCUT2D eigenvalue weighted by molar-refractivity contribution is -0.135. The molecule has 2 heterocycles. The predicted octanol–water partition coefficient (Wildman–Crippen LogP) is 2.29. The number of benzene rings is 1. The van der Waals surface area contributed by atoms with Gasteiger partial charge in [0.15, 0.2) is 0 Å². The molecule has 1 aromatic carbocycles. The van der Waals surface area contributed by atoms with Crippen LogP contribution in [0.2, 0.25) is 0 Å². The highest BCUT2D eigenvalue weighted by molar-refractivity contribution is 5.78. The fraction of sp³-hybridized carbons (Fsp3) is 0.545. The summed E-state index contributed by atoms with van der Waals surface area (Å²) in [6.45, 7) is 0.811. The van der Waals surface area contributed by atoms with Gasteiger partial charge >= 0.3 is 0 Å². The van der Waals surface area contributed by atoms with E-state index in [2.05, 4.69) is 9.97 Å². The van der Waals surface area contributed by atoms with Gasteiger partial charge in [-0.2, -0.15) is 0 Å². The third-order valence-electron chi connectivity index (χ3n) is 6.50. The Morgan fingerprint density at radius 1 is 1.21 bits per heavy atom. The maximum Gasteiger partial charge on any atom is 0.235 e. The van der Waals surface area contributed by atoms with E-state index in [1.54, 1.807) is 7.11 Å². The molecule has 2 aromatic rings. The molecule has 1 saturated carbocycles. The van der Waals surface area contributed by atoms with Gasteiger partial charge in [0.2, 0.25) is 17.7 Å². The van der Waals surface area contributed by atoms with Gasteiger partial charge in [0.1, 0.15) is 5.69 Å². The summed E-state index contributed by atoms with van der Waals surface area (Å²) in [4.78, 5) is 37.7. The Morgan fingerprint density at radius 3 is 2.62 bits per heavy atom. The number of hydrogen-bond donors (Lipinski definition) is 0. The average molecular weight is 396 g/mol. The number of hydrogen-bond acceptors (Lipinski definition) is 5. The number of nitrogens with zero attached hydrogens (tertiary/aromatic N) is 4. The van der Waals surface area contributed by atoms with Crippen LogP contribution >= 0.6 is 0 Å². The molecule has 0 spiro atoms. The van der Waals surface area contributed by atoms with E-state index in [0.717, 1.165) is 30.4 Å². The van der Waals surface area contributed by atoms with Crippen molar-refractivity contribution in [2.75, 3.05) is 27.7 Å². The van der Waals surface area contributed by atoms with Gasteiger partial charge in [0, 0.05) is 45.9 Å². The highest BCUT2D eigenvalue weighted by Crippen LogP contribution is 2.40. The highest BCUT2D eigenvalue weighted by Gasteiger charge is 2.42. The molecule has 7 nitrogen and oxygen atoms in total. The van der Waals surface area contributed by atoms with Gasteiger partial charge < -0.3 is 14.5 Å². The van der Waals surface area contributed by atoms with E-state index in [1.165, 1.54) is 0 Å². The maximum atomic E-state index is 12.9. The van der Waals surface area contributed by atoms with E-state index in [-0.39, 0.29) is 17.9 Å². The number of fused-ring (bicyclic) bond motifs is 2. The Kier molecular flexibility index (Phi) is 5.39. The smallest absolute Gasteiger partial charge is 0.235 e. The molecule has 0 N–H and O–H groups in total. The Balaban J connectivity index is 1.40. The molecule has 154 valence electrons. The number of rotatable bonds is 5. The summed E-state index contributed by atoms with van der Waals surface area (Å²) in [5, 5.41) is 0. The van der Waals surface area contributed by atoms with Crippen molar-refractivity contribution in [2.24, 2.45) is 11.8 Å². The van der Waals surface area contributed by atoms with E-state index in [0.29, 0.717) is 42.7 Å². The van der Waals surface area contributed by atoms with Crippen LogP contribution in [0.5, 0.6) is 5.88 Å². The quantitative estimate of drug-likeness (QED) is 0.775. The topological polar surface area (TPSA) is 75.6 Å². The fourth-order valence-electron chi connectivity index (χ4n) is 4.76. The van der Waals surface area contributed by atoms with Gasteiger partial charge in [-0.25, -0.2) is 9.97 Å². The number of ether oxygens (including phenoxy) is 1. The molecule has 2 amide bonds. The van der Waals surface area contributed by atoms with Crippen molar-refractivity contribution in [1.82, 2.24) is 19.8 Å². The molecular formula is C22H28N4O3. The summed E-state index contributed by atoms with van der Waals surface area (Å²) in [6, 6.07) is 7.86. The number of likely N-dealkylation sites (tertiary alicyclic amines) is 1. The first-order valence-corrected chi connectivity index (χ1v) is 10.3. The van der Waals surface area contributed by atoms with Crippen LogP contribution in [0.3, 0.4) is 0 Å². The van der Waals surface area contributed by atoms with E-state index in [9.17, 15) is 9.59 Å². The van der Waals surface area contributed by atoms with Crippen LogP contribution < -0.4 is 4.74 Å². The third kappa shape index (κ3) is 3.91. The number of carbonyl (C=O) groups is 2. The molecule has 0 radical (unpaired) electrons. The van der Waals surface area contributed by atoms with Gasteiger partial charge in [0.25, 0.3) is 0 Å². The monoisotopic (exact) mass is 396 g/mol. The van der Waals surface area contributed by atoms with E-state index in [4.69, 9.17) is 4.74 Å². The second-order valence-corrected chi connectivity index (χ2v) is 8.30. The average Bonchev–Trinajstić information content (AvgIpc) is 3.13. The Labute approximate surface area is 171 Å². The van der Waals surface area contributed by atoms with Gasteiger partial charge in [-0.3, -0.25) is 9.59 Å². The molecule has 4 rings (SSSR count). The van der Waals surface area contributed by atoms with Crippen LogP contribution in [0.15, 0.2) is 24.3 Å². The minimum atomic E-state index is 0.102. The van der Waals surface area contributed by atoms with Crippen molar-refractivity contribution < 1.29 is 14.3 Å². The molecule has 2 fully saturated rings. The van der Waals surface area contributed by atoms with E-state index in [1.807, 2.05) is 48.2 Å². The Morgan fingerprint density at radius 2 is 1.90 bits per heavy atom. The maximum absolute atomic E-state index is 12.9. The lowest BCUT2D eigenvalue weighted by Crippen LogP contribution is -2.39. The lowest BCUT2D eigenvalue weighted by Gasteiger charge is -2.31. The molecule has 1 aliphatic heterocycles. The predicted molar refractivity (Wildman–Crippen MR) is 109 cm³/mol. The van der Waals surface area contributed by atoms with Gasteiger partial charge in [0.05, 0.1) is 18.1 Å². The number of piperidine rings is 1. The number of aryl methyl sites for hydroxylation is 1. The van der Waals surface area contributed by atoms with Crippen LogP contribution in [-0.2, 0) is 16.0 Å². The van der Waals surface area contributed by atoms with Crippen molar-refractivity contribution in [3.8, 4) is 5.88 Å². The van der Waals surface area contributed by atoms with Crippen LogP contribution in [0.4, 0.5) is 0 Å². The van der Waals surface area contributed by atoms with Gasteiger partial charge in [-0.15, -0.1) is 0 Å². The first kappa shape index (κ1) is 19.6. The number of amides is 2. The van der Waals surface area contributed by atoms with Gasteiger partial charge in [-0.05, 0) is 36.8 Å². The SMILES string of the molecule is COc1nc2ccccc2nc1CCC(=O)N(C)[C@@H]1C[C@@H]2CC(=O)N(C)C[C@@H]2C1. The van der Waals surface area contributed by atoms with Crippen molar-refractivity contribution >= 4 is 22.8 Å². The molecule has 0 bridgehead atoms. The second kappa shape index (κ2) is 7.97. The Bertz CT molecular complexity index is 931. The van der Waals surface area contributed by atoms with Crippen LogP contribution in [0, 0.1) is 11.8 Å². The Hall–Kier alpha value is -2.70. The van der Waals surface area contributed by atoms with Crippen molar-refractivity contribution in [2.45, 2.75) is 38.1 Å². The minimum Gasteiger partial charge on any atom is -0.480 e. The summed E-state index contributed by atoms with van der Waals surface area (Å²) >= 11 is 0. The summed E-state index contributed by atoms with van der Waals surface area (Å²) in [7, 11) is 5.34. The number of carbonyl (C=O) groups excluding carboxylic acids is 2. The summed E-state index contributed by atoms with van der Waals surface area (Å²) in [6.07, 6.45) is 3.37. The largest absolute Gasteiger partial charge is 0.480 e. The molecule has 7 heteroatoms. The molecule has 0 unspecified atom stereocenters. The molecule has 1 saturated heterocycles. The molecule has 1 aliphatic carbocycles. The van der Waals surface area contributed by atoms with Crippen molar-refractivity contribution in [3.63, 3.8) is 0 Å². The minimum absolute atomic E-state index is 0.102. The van der Waals surface area contributed by atoms with Crippen molar-refractivity contribution in [1.29, 1.82) is 0 Å². The standard InChI is InChI=1S/C22H28N4O3/c1-25-13-15-11-16(10-14(15)12-21(25)28)26(2)20(27)9-8-19-22(29-3)24-18-7-5-4-6-17(18)23-19/h4-7,14-16H,8-13H2,1-3H3/t14-,15+,16-/m1/s1. The summed E-state index contributed by atoms with van der Waals surface area (Å²) in [5.74, 6) is 1.72. The third-order valence-corrected chi connectivity index (χ3v) is 6.50. The second-order valence-electron chi connectivity index (χ2n) is 8.30. The van der Waals surface area contributed by atoms with Crippen LogP contribution in [0.25, 0.3) is 11.0 Å². The number of aromatic nitrogens is 2. The van der Waals surface area contributed by atoms with Crippen molar-refractivity contribution in [3.05, 3.63) is 30.0 Å². The molecule has 29 heavy (non-hydrogen) atoms. The zero-order valence-electron chi connectivity index (χ0n) is 17.3. The fourth-order valence-corrected chi connectivity index (χ4v) is 4.76. The highest BCUT2D eigenvalue weighted by atomic mass is 16.5. The molecule has 3 atom stereocenters. The number of para-hydroxylation sites is 2. The lowest BCUT2D eigenvalue weighted by atomic mass is 9.88. The molecule has 2 aliphatic rings. The molecule has 1 aromatic heterocycles. The van der Waals surface area contributed by atoms with E-state index >= 15 is 0 Å². The van der Waals surface area contributed by atoms with Crippen LogP contribution in [-0.4, -0.2) is 65.4 Å². The number of methoxy groups -OCH3 is 1. The van der Waals surface area contributed by atoms with Crippen LogP contribution in [0.1, 0.15) is 31.4 Å². The van der Waals surface area contributed by atoms with E-state index < -0.39 is 0 Å². The summed E-state index contributed by atoms with van der Waals surface area (Å²) in [5.41, 5.74) is 2.29. The zero-order chi connectivity index (χ0) is 20.5. The van der Waals surface area contributed by atoms with Gasteiger partial charge in [-0.1, -0.05) is 12.1 Å². The zero-order valence-corrected chi connectivity index (χ0v) is 17.3. The molecular weight excluding hydrogens is 368 g/mol. The first-order valence-electron chi connectivity index (χ1n) is 10.3.